The lowest BCUT2D eigenvalue weighted by Gasteiger charge is -2.44. The van der Waals surface area contributed by atoms with Gasteiger partial charge in [0.25, 0.3) is 0 Å². The first-order chi connectivity index (χ1) is 11.1. The van der Waals surface area contributed by atoms with Crippen molar-refractivity contribution in [1.82, 2.24) is 15.1 Å². The normalized spacial score (nSPS) is 25.8. The van der Waals surface area contributed by atoms with Gasteiger partial charge in [-0.05, 0) is 34.6 Å². The fourth-order valence-electron chi connectivity index (χ4n) is 3.17. The zero-order valence-corrected chi connectivity index (χ0v) is 15.6. The number of ether oxygens (including phenoxy) is 2. The van der Waals surface area contributed by atoms with Crippen LogP contribution in [0.2, 0.25) is 0 Å². The molecule has 0 aromatic rings. The van der Waals surface area contributed by atoms with Crippen molar-refractivity contribution in [1.29, 1.82) is 0 Å². The second-order valence-corrected chi connectivity index (χ2v) is 7.92. The topological polar surface area (TPSA) is 71.1 Å². The number of nitrogens with zero attached hydrogens (tertiary/aromatic N) is 2. The van der Waals surface area contributed by atoms with E-state index in [1.54, 1.807) is 4.90 Å². The maximum atomic E-state index is 12.7. The van der Waals surface area contributed by atoms with Crippen LogP contribution in [0.3, 0.4) is 0 Å². The molecular weight excluding hydrogens is 310 g/mol. The van der Waals surface area contributed by atoms with Crippen molar-refractivity contribution < 1.29 is 19.1 Å². The lowest BCUT2D eigenvalue weighted by atomic mass is 9.93. The molecule has 0 aromatic carbocycles. The van der Waals surface area contributed by atoms with Gasteiger partial charge in [0.15, 0.2) is 0 Å². The van der Waals surface area contributed by atoms with E-state index in [0.29, 0.717) is 45.8 Å². The number of rotatable bonds is 3. The molecule has 1 atom stereocenters. The summed E-state index contributed by atoms with van der Waals surface area (Å²) >= 11 is 0. The Bertz CT molecular complexity index is 459. The number of hydrogen-bond donors (Lipinski definition) is 1. The molecule has 0 bridgehead atoms. The summed E-state index contributed by atoms with van der Waals surface area (Å²) in [5.41, 5.74) is -1.10. The van der Waals surface area contributed by atoms with Crippen molar-refractivity contribution in [2.24, 2.45) is 0 Å². The highest BCUT2D eigenvalue weighted by Crippen LogP contribution is 2.28. The summed E-state index contributed by atoms with van der Waals surface area (Å²) in [4.78, 5) is 28.8. The summed E-state index contributed by atoms with van der Waals surface area (Å²) in [6.45, 7) is 12.9. The van der Waals surface area contributed by atoms with Crippen molar-refractivity contribution in [3.63, 3.8) is 0 Å². The van der Waals surface area contributed by atoms with Crippen molar-refractivity contribution in [2.45, 2.75) is 58.2 Å². The van der Waals surface area contributed by atoms with Crippen LogP contribution in [0.4, 0.5) is 4.79 Å². The molecule has 2 saturated heterocycles. The Morgan fingerprint density at radius 1 is 1.17 bits per heavy atom. The molecule has 1 N–H and O–H groups in total. The van der Waals surface area contributed by atoms with Gasteiger partial charge in [-0.3, -0.25) is 9.69 Å². The van der Waals surface area contributed by atoms with Gasteiger partial charge in [-0.2, -0.15) is 0 Å². The standard InChI is InChI=1S/C17H31N3O4/c1-13(2)18-14(21)17(6-11-23-12-17)20-9-7-19(8-10-20)15(22)24-16(3,4)5/h13H,6-12H2,1-5H3,(H,18,21)/t17-/m0/s1. The van der Waals surface area contributed by atoms with Crippen LogP contribution in [0.1, 0.15) is 41.0 Å². The van der Waals surface area contributed by atoms with Crippen molar-refractivity contribution in [2.75, 3.05) is 39.4 Å². The lowest BCUT2D eigenvalue weighted by molar-refractivity contribution is -0.135. The van der Waals surface area contributed by atoms with E-state index in [4.69, 9.17) is 9.47 Å². The van der Waals surface area contributed by atoms with Gasteiger partial charge < -0.3 is 19.7 Å². The molecule has 7 nitrogen and oxygen atoms in total. The van der Waals surface area contributed by atoms with Gasteiger partial charge >= 0.3 is 6.09 Å². The zero-order chi connectivity index (χ0) is 18.0. The third-order valence-electron chi connectivity index (χ3n) is 4.38. The molecule has 2 heterocycles. The van der Waals surface area contributed by atoms with Crippen LogP contribution in [0.5, 0.6) is 0 Å². The number of nitrogens with one attached hydrogen (secondary N) is 1. The second kappa shape index (κ2) is 7.27. The van der Waals surface area contributed by atoms with Gasteiger partial charge in [-0.25, -0.2) is 4.79 Å². The molecule has 24 heavy (non-hydrogen) atoms. The van der Waals surface area contributed by atoms with Gasteiger partial charge in [-0.15, -0.1) is 0 Å². The first-order valence-corrected chi connectivity index (χ1v) is 8.76. The molecule has 0 unspecified atom stereocenters. The fraction of sp³-hybridized carbons (Fsp3) is 0.882. The minimum Gasteiger partial charge on any atom is -0.444 e. The lowest BCUT2D eigenvalue weighted by Crippen LogP contribution is -2.65. The predicted molar refractivity (Wildman–Crippen MR) is 90.8 cm³/mol. The molecule has 0 spiro atoms. The molecule has 2 fully saturated rings. The Kier molecular flexibility index (Phi) is 5.75. The third-order valence-corrected chi connectivity index (χ3v) is 4.38. The second-order valence-electron chi connectivity index (χ2n) is 7.92. The predicted octanol–water partition coefficient (Wildman–Crippen LogP) is 1.22. The molecule has 2 rings (SSSR count). The number of piperazine rings is 1. The van der Waals surface area contributed by atoms with Gasteiger partial charge in [0.05, 0.1) is 6.61 Å². The van der Waals surface area contributed by atoms with Gasteiger partial charge in [0.2, 0.25) is 5.91 Å². The van der Waals surface area contributed by atoms with E-state index in [1.807, 2.05) is 34.6 Å². The largest absolute Gasteiger partial charge is 0.444 e. The molecule has 0 radical (unpaired) electrons. The average molecular weight is 341 g/mol. The summed E-state index contributed by atoms with van der Waals surface area (Å²) in [5.74, 6) is 0.0284. The maximum absolute atomic E-state index is 12.7. The molecule has 2 aliphatic rings. The van der Waals surface area contributed by atoms with Crippen LogP contribution >= 0.6 is 0 Å². The van der Waals surface area contributed by atoms with Crippen LogP contribution in [-0.4, -0.2) is 78.4 Å². The smallest absolute Gasteiger partial charge is 0.410 e. The Hall–Kier alpha value is -1.34. The van der Waals surface area contributed by atoms with E-state index >= 15 is 0 Å². The van der Waals surface area contributed by atoms with E-state index < -0.39 is 11.1 Å². The van der Waals surface area contributed by atoms with E-state index in [-0.39, 0.29) is 18.0 Å². The van der Waals surface area contributed by atoms with Crippen LogP contribution in [0.15, 0.2) is 0 Å². The summed E-state index contributed by atoms with van der Waals surface area (Å²) in [6, 6.07) is 0.0954. The van der Waals surface area contributed by atoms with Gasteiger partial charge in [0, 0.05) is 45.2 Å². The summed E-state index contributed by atoms with van der Waals surface area (Å²) < 4.78 is 11.0. The maximum Gasteiger partial charge on any atom is 0.410 e. The molecule has 0 aromatic heterocycles. The number of carbonyl (C=O) groups is 2. The summed E-state index contributed by atoms with van der Waals surface area (Å²) in [7, 11) is 0. The van der Waals surface area contributed by atoms with Gasteiger partial charge in [0.1, 0.15) is 11.1 Å². The van der Waals surface area contributed by atoms with Crippen LogP contribution in [0, 0.1) is 0 Å². The third kappa shape index (κ3) is 4.39. The summed E-state index contributed by atoms with van der Waals surface area (Å²) in [6.07, 6.45) is 0.406. The van der Waals surface area contributed by atoms with E-state index in [0.717, 1.165) is 0 Å². The fourth-order valence-corrected chi connectivity index (χ4v) is 3.17. The average Bonchev–Trinajstić information content (AvgIpc) is 2.95. The minimum absolute atomic E-state index is 0.0284. The monoisotopic (exact) mass is 341 g/mol. The van der Waals surface area contributed by atoms with E-state index in [1.165, 1.54) is 0 Å². The van der Waals surface area contributed by atoms with Crippen LogP contribution in [-0.2, 0) is 14.3 Å². The van der Waals surface area contributed by atoms with Crippen LogP contribution in [0.25, 0.3) is 0 Å². The van der Waals surface area contributed by atoms with Crippen molar-refractivity contribution in [3.8, 4) is 0 Å². The minimum atomic E-state index is -0.607. The van der Waals surface area contributed by atoms with Gasteiger partial charge in [-0.1, -0.05) is 0 Å². The molecule has 2 amide bonds. The number of hydrogen-bond acceptors (Lipinski definition) is 5. The van der Waals surface area contributed by atoms with Crippen LogP contribution < -0.4 is 5.32 Å². The molecule has 0 saturated carbocycles. The molecular formula is C17H31N3O4. The number of amides is 2. The first-order valence-electron chi connectivity index (χ1n) is 8.76. The molecule has 0 aliphatic carbocycles. The zero-order valence-electron chi connectivity index (χ0n) is 15.6. The first kappa shape index (κ1) is 19.0. The van der Waals surface area contributed by atoms with Crippen molar-refractivity contribution in [3.05, 3.63) is 0 Å². The number of carbonyl (C=O) groups excluding carboxylic acids is 2. The highest BCUT2D eigenvalue weighted by Gasteiger charge is 2.48. The summed E-state index contributed by atoms with van der Waals surface area (Å²) in [5, 5.41) is 3.02. The SMILES string of the molecule is CC(C)NC(=O)[C@]1(N2CCN(C(=O)OC(C)(C)C)CC2)CCOC1. The quantitative estimate of drug-likeness (QED) is 0.836. The molecule has 7 heteroatoms. The highest BCUT2D eigenvalue weighted by atomic mass is 16.6. The Labute approximate surface area is 144 Å². The van der Waals surface area contributed by atoms with E-state index in [2.05, 4.69) is 10.2 Å². The molecule has 138 valence electrons. The Morgan fingerprint density at radius 2 is 1.79 bits per heavy atom. The Morgan fingerprint density at radius 3 is 2.25 bits per heavy atom. The van der Waals surface area contributed by atoms with Crippen molar-refractivity contribution >= 4 is 12.0 Å². The molecule has 2 aliphatic heterocycles. The Balaban J connectivity index is 1.98. The van der Waals surface area contributed by atoms with E-state index in [9.17, 15) is 9.59 Å². The highest BCUT2D eigenvalue weighted by molar-refractivity contribution is 5.87.